The molecule has 2 nitrogen and oxygen atoms in total. The van der Waals surface area contributed by atoms with Gasteiger partial charge in [-0.3, -0.25) is 0 Å². The minimum atomic E-state index is 0.517. The van der Waals surface area contributed by atoms with Crippen LogP contribution in [0.5, 0.6) is 0 Å². The van der Waals surface area contributed by atoms with Crippen molar-refractivity contribution in [2.24, 2.45) is 11.1 Å². The largest absolute Gasteiger partial charge is 0.395 e. The highest BCUT2D eigenvalue weighted by atomic mass is 16.6. The molecule has 2 aliphatic rings. The lowest BCUT2D eigenvalue weighted by Crippen LogP contribution is -2.10. The molecular formula is C12H13NO. The first-order chi connectivity index (χ1) is 6.95. The predicted octanol–water partition coefficient (Wildman–Crippen LogP) is 2.57. The van der Waals surface area contributed by atoms with Crippen molar-refractivity contribution >= 4 is 5.71 Å². The molecule has 1 saturated carbocycles. The van der Waals surface area contributed by atoms with Crippen LogP contribution in [0.2, 0.25) is 0 Å². The molecule has 14 heavy (non-hydrogen) atoms. The minimum absolute atomic E-state index is 0.517. The molecule has 2 heteroatoms. The van der Waals surface area contributed by atoms with Crippen molar-refractivity contribution in [1.29, 1.82) is 0 Å². The molecule has 1 aliphatic carbocycles. The van der Waals surface area contributed by atoms with Gasteiger partial charge in [0, 0.05) is 11.8 Å². The maximum atomic E-state index is 5.15. The zero-order chi connectivity index (χ0) is 9.38. The Morgan fingerprint density at radius 1 is 1.14 bits per heavy atom. The molecule has 0 saturated heterocycles. The molecule has 1 fully saturated rings. The van der Waals surface area contributed by atoms with E-state index in [1.54, 1.807) is 0 Å². The SMILES string of the molecule is c1ccc([C@H]2CC[C@H]3CON=C32)cc1. The topological polar surface area (TPSA) is 21.6 Å². The number of rotatable bonds is 1. The van der Waals surface area contributed by atoms with Crippen LogP contribution >= 0.6 is 0 Å². The molecule has 1 aliphatic heterocycles. The zero-order valence-electron chi connectivity index (χ0n) is 8.02. The summed E-state index contributed by atoms with van der Waals surface area (Å²) >= 11 is 0. The molecule has 0 radical (unpaired) electrons. The monoisotopic (exact) mass is 187 g/mol. The Labute approximate surface area is 83.6 Å². The lowest BCUT2D eigenvalue weighted by molar-refractivity contribution is 0.151. The van der Waals surface area contributed by atoms with Gasteiger partial charge in [0.2, 0.25) is 0 Å². The highest BCUT2D eigenvalue weighted by Gasteiger charge is 2.36. The van der Waals surface area contributed by atoms with E-state index in [2.05, 4.69) is 35.5 Å². The minimum Gasteiger partial charge on any atom is -0.395 e. The summed E-state index contributed by atoms with van der Waals surface area (Å²) in [4.78, 5) is 5.15. The van der Waals surface area contributed by atoms with Crippen LogP contribution in [0.1, 0.15) is 24.3 Å². The highest BCUT2D eigenvalue weighted by Crippen LogP contribution is 2.38. The summed E-state index contributed by atoms with van der Waals surface area (Å²) in [6.45, 7) is 0.804. The quantitative estimate of drug-likeness (QED) is 0.662. The Morgan fingerprint density at radius 3 is 2.86 bits per heavy atom. The van der Waals surface area contributed by atoms with Gasteiger partial charge in [0.05, 0.1) is 5.71 Å². The maximum Gasteiger partial charge on any atom is 0.125 e. The zero-order valence-corrected chi connectivity index (χ0v) is 8.02. The summed E-state index contributed by atoms with van der Waals surface area (Å²) in [6, 6.07) is 10.6. The van der Waals surface area contributed by atoms with Crippen LogP contribution in [0.15, 0.2) is 35.5 Å². The second kappa shape index (κ2) is 3.12. The summed E-state index contributed by atoms with van der Waals surface area (Å²) in [7, 11) is 0. The third-order valence-corrected chi connectivity index (χ3v) is 3.23. The molecule has 2 atom stereocenters. The highest BCUT2D eigenvalue weighted by molar-refractivity contribution is 5.95. The summed E-state index contributed by atoms with van der Waals surface area (Å²) in [5.74, 6) is 1.11. The molecule has 72 valence electrons. The first-order valence-electron chi connectivity index (χ1n) is 5.20. The van der Waals surface area contributed by atoms with Crippen molar-refractivity contribution in [1.82, 2.24) is 0 Å². The average molecular weight is 187 g/mol. The summed E-state index contributed by atoms with van der Waals surface area (Å²) in [5, 5.41) is 4.17. The van der Waals surface area contributed by atoms with Gasteiger partial charge in [-0.25, -0.2) is 0 Å². The van der Waals surface area contributed by atoms with E-state index in [1.165, 1.54) is 24.1 Å². The summed E-state index contributed by atoms with van der Waals surface area (Å²) < 4.78 is 0. The molecule has 1 heterocycles. The van der Waals surface area contributed by atoms with Crippen LogP contribution in [-0.2, 0) is 4.84 Å². The fourth-order valence-corrected chi connectivity index (χ4v) is 2.48. The van der Waals surface area contributed by atoms with Gasteiger partial charge in [0.15, 0.2) is 0 Å². The van der Waals surface area contributed by atoms with E-state index in [0.717, 1.165) is 6.61 Å². The molecule has 0 amide bonds. The van der Waals surface area contributed by atoms with Gasteiger partial charge in [-0.05, 0) is 18.4 Å². The van der Waals surface area contributed by atoms with Crippen molar-refractivity contribution in [2.45, 2.75) is 18.8 Å². The van der Waals surface area contributed by atoms with Crippen LogP contribution < -0.4 is 0 Å². The lowest BCUT2D eigenvalue weighted by Gasteiger charge is -2.08. The molecule has 0 bridgehead atoms. The van der Waals surface area contributed by atoms with Gasteiger partial charge in [-0.2, -0.15) is 0 Å². The van der Waals surface area contributed by atoms with Gasteiger partial charge < -0.3 is 4.84 Å². The van der Waals surface area contributed by atoms with E-state index in [0.29, 0.717) is 11.8 Å². The van der Waals surface area contributed by atoms with Crippen LogP contribution in [0.4, 0.5) is 0 Å². The number of benzene rings is 1. The van der Waals surface area contributed by atoms with Gasteiger partial charge in [-0.15, -0.1) is 0 Å². The number of hydrogen-bond donors (Lipinski definition) is 0. The molecule has 0 unspecified atom stereocenters. The molecule has 0 N–H and O–H groups in total. The van der Waals surface area contributed by atoms with E-state index in [9.17, 15) is 0 Å². The first kappa shape index (κ1) is 8.04. The van der Waals surface area contributed by atoms with Crippen molar-refractivity contribution in [3.8, 4) is 0 Å². The van der Waals surface area contributed by atoms with Crippen LogP contribution in [0.3, 0.4) is 0 Å². The Kier molecular flexibility index (Phi) is 1.79. The van der Waals surface area contributed by atoms with Crippen molar-refractivity contribution in [2.75, 3.05) is 6.61 Å². The molecule has 3 rings (SSSR count). The number of nitrogens with zero attached hydrogens (tertiary/aromatic N) is 1. The van der Waals surface area contributed by atoms with Crippen molar-refractivity contribution < 1.29 is 4.84 Å². The number of hydrogen-bond acceptors (Lipinski definition) is 2. The molecule has 0 spiro atoms. The standard InChI is InChI=1S/C12H13NO/c1-2-4-9(5-3-1)11-7-6-10-8-14-13-12(10)11/h1-5,10-11H,6-8H2/t10-,11+/m0/s1. The summed E-state index contributed by atoms with van der Waals surface area (Å²) in [5.41, 5.74) is 2.66. The van der Waals surface area contributed by atoms with Gasteiger partial charge in [0.1, 0.15) is 6.61 Å². The van der Waals surface area contributed by atoms with E-state index >= 15 is 0 Å². The smallest absolute Gasteiger partial charge is 0.125 e. The van der Waals surface area contributed by atoms with Crippen LogP contribution in [-0.4, -0.2) is 12.3 Å². The third-order valence-electron chi connectivity index (χ3n) is 3.23. The molecule has 1 aromatic carbocycles. The van der Waals surface area contributed by atoms with E-state index in [4.69, 9.17) is 4.84 Å². The predicted molar refractivity (Wildman–Crippen MR) is 55.3 cm³/mol. The lowest BCUT2D eigenvalue weighted by atomic mass is 9.95. The van der Waals surface area contributed by atoms with E-state index < -0.39 is 0 Å². The van der Waals surface area contributed by atoms with E-state index in [1.807, 2.05) is 0 Å². The Morgan fingerprint density at radius 2 is 2.00 bits per heavy atom. The van der Waals surface area contributed by atoms with Crippen LogP contribution in [0, 0.1) is 5.92 Å². The van der Waals surface area contributed by atoms with Crippen molar-refractivity contribution in [3.63, 3.8) is 0 Å². The van der Waals surface area contributed by atoms with Gasteiger partial charge in [-0.1, -0.05) is 35.5 Å². The van der Waals surface area contributed by atoms with Crippen molar-refractivity contribution in [3.05, 3.63) is 35.9 Å². The second-order valence-electron chi connectivity index (χ2n) is 4.05. The molecule has 1 aromatic rings. The Hall–Kier alpha value is -1.31. The second-order valence-corrected chi connectivity index (χ2v) is 4.05. The normalized spacial score (nSPS) is 29.6. The number of oxime groups is 1. The summed E-state index contributed by atoms with van der Waals surface area (Å²) in [6.07, 6.45) is 2.47. The van der Waals surface area contributed by atoms with Crippen LogP contribution in [0.25, 0.3) is 0 Å². The van der Waals surface area contributed by atoms with E-state index in [-0.39, 0.29) is 0 Å². The molecule has 0 aromatic heterocycles. The third kappa shape index (κ3) is 1.14. The van der Waals surface area contributed by atoms with Gasteiger partial charge >= 0.3 is 0 Å². The molecular weight excluding hydrogens is 174 g/mol. The maximum absolute atomic E-state index is 5.15. The Balaban J connectivity index is 1.93. The number of fused-ring (bicyclic) bond motifs is 1. The fourth-order valence-electron chi connectivity index (χ4n) is 2.48. The van der Waals surface area contributed by atoms with Gasteiger partial charge in [0.25, 0.3) is 0 Å². The first-order valence-corrected chi connectivity index (χ1v) is 5.20. The average Bonchev–Trinajstić information content (AvgIpc) is 2.79. The Bertz CT molecular complexity index is 358. The fraction of sp³-hybridized carbons (Fsp3) is 0.417.